The predicted octanol–water partition coefficient (Wildman–Crippen LogP) is 2.17. The molecule has 1 saturated carbocycles. The zero-order valence-corrected chi connectivity index (χ0v) is 17.5. The van der Waals surface area contributed by atoms with Gasteiger partial charge in [-0.15, -0.1) is 0 Å². The van der Waals surface area contributed by atoms with Gasteiger partial charge in [0, 0.05) is 44.8 Å². The molecule has 0 bridgehead atoms. The average Bonchev–Trinajstić information content (AvgIpc) is 3.29. The molecule has 0 N–H and O–H groups in total. The van der Waals surface area contributed by atoms with Crippen LogP contribution < -0.4 is 0 Å². The molecule has 3 aliphatic rings. The van der Waals surface area contributed by atoms with Crippen LogP contribution in [0.4, 0.5) is 0 Å². The minimum absolute atomic E-state index is 0.0350. The molecule has 0 unspecified atom stereocenters. The number of benzene rings is 1. The van der Waals surface area contributed by atoms with Crippen LogP contribution in [-0.2, 0) is 9.53 Å². The number of piperazine rings is 1. The van der Waals surface area contributed by atoms with E-state index >= 15 is 0 Å². The Balaban J connectivity index is 1.41. The second-order valence-electron chi connectivity index (χ2n) is 8.62. The standard InChI is InChI=1S/C23H33N3O3/c1-18-6-8-20(9-7-18)22(27)25-12-10-24(11-13-25)21(19-4-2-3-5-19)23(28)26-14-16-29-17-15-26/h6-9,19,21H,2-5,10-17H2,1H3/t21-/m0/s1. The monoisotopic (exact) mass is 399 g/mol. The van der Waals surface area contributed by atoms with Gasteiger partial charge in [-0.2, -0.15) is 0 Å². The highest BCUT2D eigenvalue weighted by Gasteiger charge is 2.39. The number of ether oxygens (including phenoxy) is 1. The minimum atomic E-state index is -0.0350. The lowest BCUT2D eigenvalue weighted by molar-refractivity contribution is -0.144. The zero-order chi connectivity index (χ0) is 20.2. The Labute approximate surface area is 173 Å². The second-order valence-corrected chi connectivity index (χ2v) is 8.62. The molecule has 2 heterocycles. The highest BCUT2D eigenvalue weighted by atomic mass is 16.5. The van der Waals surface area contributed by atoms with E-state index in [1.807, 2.05) is 41.0 Å². The third-order valence-electron chi connectivity index (χ3n) is 6.72. The molecular formula is C23H33N3O3. The number of carbonyl (C=O) groups excluding carboxylic acids is 2. The lowest BCUT2D eigenvalue weighted by Crippen LogP contribution is -2.59. The lowest BCUT2D eigenvalue weighted by Gasteiger charge is -2.43. The van der Waals surface area contributed by atoms with Crippen LogP contribution in [0.25, 0.3) is 0 Å². The van der Waals surface area contributed by atoms with Gasteiger partial charge in [0.05, 0.1) is 19.3 Å². The summed E-state index contributed by atoms with van der Waals surface area (Å²) in [6.45, 7) is 7.63. The number of hydrogen-bond acceptors (Lipinski definition) is 4. The van der Waals surface area contributed by atoms with Gasteiger partial charge >= 0.3 is 0 Å². The topological polar surface area (TPSA) is 53.1 Å². The molecule has 29 heavy (non-hydrogen) atoms. The maximum absolute atomic E-state index is 13.4. The molecule has 2 amide bonds. The molecule has 6 heteroatoms. The fourth-order valence-corrected chi connectivity index (χ4v) is 4.98. The Hall–Kier alpha value is -1.92. The summed E-state index contributed by atoms with van der Waals surface area (Å²) >= 11 is 0. The van der Waals surface area contributed by atoms with Crippen LogP contribution in [0, 0.1) is 12.8 Å². The molecule has 3 fully saturated rings. The first kappa shape index (κ1) is 20.4. The average molecular weight is 400 g/mol. The van der Waals surface area contributed by atoms with Crippen LogP contribution >= 0.6 is 0 Å². The quantitative estimate of drug-likeness (QED) is 0.779. The van der Waals surface area contributed by atoms with Crippen molar-refractivity contribution in [3.8, 4) is 0 Å². The highest BCUT2D eigenvalue weighted by molar-refractivity contribution is 5.94. The predicted molar refractivity (Wildman–Crippen MR) is 112 cm³/mol. The summed E-state index contributed by atoms with van der Waals surface area (Å²) < 4.78 is 5.44. The van der Waals surface area contributed by atoms with Gasteiger partial charge in [-0.05, 0) is 37.8 Å². The van der Waals surface area contributed by atoms with E-state index in [-0.39, 0.29) is 17.9 Å². The molecule has 0 spiro atoms. The zero-order valence-electron chi connectivity index (χ0n) is 17.5. The minimum Gasteiger partial charge on any atom is -0.378 e. The number of aryl methyl sites for hydroxylation is 1. The van der Waals surface area contributed by atoms with Crippen molar-refractivity contribution in [3.63, 3.8) is 0 Å². The fourth-order valence-electron chi connectivity index (χ4n) is 4.98. The molecule has 0 aromatic heterocycles. The maximum Gasteiger partial charge on any atom is 0.253 e. The van der Waals surface area contributed by atoms with Crippen molar-refractivity contribution in [2.24, 2.45) is 5.92 Å². The molecule has 1 aliphatic carbocycles. The summed E-state index contributed by atoms with van der Waals surface area (Å²) in [4.78, 5) is 32.5. The fraction of sp³-hybridized carbons (Fsp3) is 0.652. The van der Waals surface area contributed by atoms with Crippen LogP contribution in [0.1, 0.15) is 41.6 Å². The second kappa shape index (κ2) is 9.26. The number of nitrogens with zero attached hydrogens (tertiary/aromatic N) is 3. The normalized spacial score (nSPS) is 22.7. The summed E-state index contributed by atoms with van der Waals surface area (Å²) in [6, 6.07) is 7.76. The Morgan fingerprint density at radius 2 is 1.52 bits per heavy atom. The van der Waals surface area contributed by atoms with Crippen LogP contribution in [0.5, 0.6) is 0 Å². The van der Waals surface area contributed by atoms with Gasteiger partial charge in [0.15, 0.2) is 0 Å². The van der Waals surface area contributed by atoms with Gasteiger partial charge in [-0.3, -0.25) is 14.5 Å². The van der Waals surface area contributed by atoms with E-state index in [0.717, 1.165) is 37.1 Å². The summed E-state index contributed by atoms with van der Waals surface area (Å²) in [5.41, 5.74) is 1.91. The van der Waals surface area contributed by atoms with Gasteiger partial charge in [0.1, 0.15) is 0 Å². The van der Waals surface area contributed by atoms with Gasteiger partial charge in [-0.1, -0.05) is 30.5 Å². The van der Waals surface area contributed by atoms with Crippen LogP contribution in [0.15, 0.2) is 24.3 Å². The maximum atomic E-state index is 13.4. The number of rotatable bonds is 4. The van der Waals surface area contributed by atoms with E-state index in [9.17, 15) is 9.59 Å². The number of hydrogen-bond donors (Lipinski definition) is 0. The Morgan fingerprint density at radius 1 is 0.897 bits per heavy atom. The smallest absolute Gasteiger partial charge is 0.253 e. The third kappa shape index (κ3) is 4.64. The molecule has 0 radical (unpaired) electrons. The number of morpholine rings is 1. The first-order valence-electron chi connectivity index (χ1n) is 11.1. The molecule has 1 aromatic carbocycles. The summed E-state index contributed by atoms with van der Waals surface area (Å²) in [7, 11) is 0. The van der Waals surface area contributed by atoms with E-state index in [1.54, 1.807) is 0 Å². The van der Waals surface area contributed by atoms with Crippen LogP contribution in [0.2, 0.25) is 0 Å². The van der Waals surface area contributed by atoms with E-state index in [1.165, 1.54) is 12.8 Å². The summed E-state index contributed by atoms with van der Waals surface area (Å²) in [6.07, 6.45) is 4.74. The van der Waals surface area contributed by atoms with Crippen molar-refractivity contribution < 1.29 is 14.3 Å². The van der Waals surface area contributed by atoms with Crippen molar-refractivity contribution in [1.82, 2.24) is 14.7 Å². The molecule has 1 aromatic rings. The van der Waals surface area contributed by atoms with Gasteiger partial charge in [0.25, 0.3) is 5.91 Å². The van der Waals surface area contributed by atoms with Gasteiger partial charge < -0.3 is 14.5 Å². The van der Waals surface area contributed by atoms with Gasteiger partial charge in [-0.25, -0.2) is 0 Å². The van der Waals surface area contributed by atoms with Crippen molar-refractivity contribution in [2.45, 2.75) is 38.6 Å². The SMILES string of the molecule is Cc1ccc(C(=O)N2CCN([C@H](C(=O)N3CCOCC3)C3CCCC3)CC2)cc1. The first-order valence-corrected chi connectivity index (χ1v) is 11.1. The Morgan fingerprint density at radius 3 is 2.14 bits per heavy atom. The molecule has 2 saturated heterocycles. The van der Waals surface area contributed by atoms with Crippen molar-refractivity contribution in [2.75, 3.05) is 52.5 Å². The molecule has 1 atom stereocenters. The van der Waals surface area contributed by atoms with Crippen LogP contribution in [-0.4, -0.2) is 85.0 Å². The van der Waals surface area contributed by atoms with Crippen molar-refractivity contribution >= 4 is 11.8 Å². The third-order valence-corrected chi connectivity index (χ3v) is 6.72. The molecular weight excluding hydrogens is 366 g/mol. The Kier molecular flexibility index (Phi) is 6.50. The first-order chi connectivity index (χ1) is 14.1. The van der Waals surface area contributed by atoms with E-state index in [0.29, 0.717) is 45.3 Å². The highest BCUT2D eigenvalue weighted by Crippen LogP contribution is 2.32. The van der Waals surface area contributed by atoms with E-state index in [2.05, 4.69) is 4.90 Å². The van der Waals surface area contributed by atoms with Crippen molar-refractivity contribution in [3.05, 3.63) is 35.4 Å². The molecule has 158 valence electrons. The molecule has 6 nitrogen and oxygen atoms in total. The largest absolute Gasteiger partial charge is 0.378 e. The number of amides is 2. The Bertz CT molecular complexity index is 701. The van der Waals surface area contributed by atoms with Crippen molar-refractivity contribution in [1.29, 1.82) is 0 Å². The number of carbonyl (C=O) groups is 2. The lowest BCUT2D eigenvalue weighted by atomic mass is 9.94. The van der Waals surface area contributed by atoms with E-state index < -0.39 is 0 Å². The molecule has 4 rings (SSSR count). The summed E-state index contributed by atoms with van der Waals surface area (Å²) in [5, 5.41) is 0. The van der Waals surface area contributed by atoms with Gasteiger partial charge in [0.2, 0.25) is 5.91 Å². The molecule has 2 aliphatic heterocycles. The summed E-state index contributed by atoms with van der Waals surface area (Å²) in [5.74, 6) is 0.824. The van der Waals surface area contributed by atoms with Crippen LogP contribution in [0.3, 0.4) is 0 Å². The van der Waals surface area contributed by atoms with E-state index in [4.69, 9.17) is 4.74 Å².